The quantitative estimate of drug-likeness (QED) is 0.905. The van der Waals surface area contributed by atoms with Gasteiger partial charge in [0.1, 0.15) is 5.75 Å². The molecule has 5 nitrogen and oxygen atoms in total. The Hall–Kier alpha value is -2.02. The van der Waals surface area contributed by atoms with E-state index in [0.29, 0.717) is 5.56 Å². The largest absolute Gasteiger partial charge is 0.495 e. The maximum absolute atomic E-state index is 12.8. The lowest BCUT2D eigenvalue weighted by atomic mass is 10.1. The number of para-hydroxylation sites is 1. The molecule has 0 aliphatic rings. The average molecular weight is 255 g/mol. The Balaban J connectivity index is 2.53. The van der Waals surface area contributed by atoms with Crippen molar-refractivity contribution in [2.75, 3.05) is 7.11 Å². The summed E-state index contributed by atoms with van der Waals surface area (Å²) in [6.45, 7) is 0.0872. The summed E-state index contributed by atoms with van der Waals surface area (Å²) >= 11 is 0. The Morgan fingerprint density at radius 3 is 2.78 bits per heavy atom. The number of rotatable bonds is 4. The third kappa shape index (κ3) is 2.17. The van der Waals surface area contributed by atoms with Crippen molar-refractivity contribution < 1.29 is 18.0 Å². The molecule has 7 heteroatoms. The minimum Gasteiger partial charge on any atom is -0.495 e. The number of benzene rings is 1. The highest BCUT2D eigenvalue weighted by atomic mass is 19.3. The van der Waals surface area contributed by atoms with Gasteiger partial charge in [0.05, 0.1) is 24.8 Å². The van der Waals surface area contributed by atoms with Crippen LogP contribution in [0.15, 0.2) is 22.7 Å². The molecular formula is C11H11F2N3O2. The van der Waals surface area contributed by atoms with Gasteiger partial charge < -0.3 is 15.0 Å². The van der Waals surface area contributed by atoms with Crippen LogP contribution >= 0.6 is 0 Å². The normalized spacial score (nSPS) is 10.9. The van der Waals surface area contributed by atoms with Crippen LogP contribution in [0.2, 0.25) is 0 Å². The molecule has 0 bridgehead atoms. The monoisotopic (exact) mass is 255 g/mol. The van der Waals surface area contributed by atoms with E-state index in [1.54, 1.807) is 6.07 Å². The van der Waals surface area contributed by atoms with E-state index < -0.39 is 6.43 Å². The number of halogens is 2. The molecule has 1 aromatic carbocycles. The van der Waals surface area contributed by atoms with Gasteiger partial charge in [-0.3, -0.25) is 0 Å². The van der Waals surface area contributed by atoms with Gasteiger partial charge in [0.25, 0.3) is 6.43 Å². The average Bonchev–Trinajstić information content (AvgIpc) is 2.86. The molecule has 0 fully saturated rings. The number of nitrogens with two attached hydrogens (primary N) is 1. The van der Waals surface area contributed by atoms with Crippen molar-refractivity contribution >= 4 is 0 Å². The maximum atomic E-state index is 12.8. The van der Waals surface area contributed by atoms with Gasteiger partial charge in [-0.05, 0) is 12.1 Å². The van der Waals surface area contributed by atoms with E-state index in [1.165, 1.54) is 19.2 Å². The molecule has 0 unspecified atom stereocenters. The van der Waals surface area contributed by atoms with Crippen LogP contribution in [0.1, 0.15) is 17.9 Å². The van der Waals surface area contributed by atoms with Gasteiger partial charge in [0.15, 0.2) is 0 Å². The third-order valence-electron chi connectivity index (χ3n) is 2.37. The number of nitrogens with zero attached hydrogens (tertiary/aromatic N) is 2. The number of alkyl halides is 2. The van der Waals surface area contributed by atoms with Crippen LogP contribution < -0.4 is 10.5 Å². The van der Waals surface area contributed by atoms with Gasteiger partial charge in [-0.2, -0.15) is 4.98 Å². The van der Waals surface area contributed by atoms with Gasteiger partial charge in [-0.1, -0.05) is 11.2 Å². The van der Waals surface area contributed by atoms with Crippen LogP contribution in [0.25, 0.3) is 11.4 Å². The summed E-state index contributed by atoms with van der Waals surface area (Å²) in [4.78, 5) is 3.98. The Kier molecular flexibility index (Phi) is 3.52. The summed E-state index contributed by atoms with van der Waals surface area (Å²) in [5.74, 6) is 0.446. The second-order valence-electron chi connectivity index (χ2n) is 3.44. The highest BCUT2D eigenvalue weighted by Gasteiger charge is 2.20. The Bertz CT molecular complexity index is 543. The molecule has 0 aliphatic heterocycles. The summed E-state index contributed by atoms with van der Waals surface area (Å²) in [5, 5.41) is 3.68. The van der Waals surface area contributed by atoms with Crippen LogP contribution in [0.3, 0.4) is 0 Å². The summed E-state index contributed by atoms with van der Waals surface area (Å²) < 4.78 is 35.5. The predicted molar refractivity (Wildman–Crippen MR) is 59.1 cm³/mol. The lowest BCUT2D eigenvalue weighted by Crippen LogP contribution is -1.97. The zero-order valence-electron chi connectivity index (χ0n) is 9.56. The first-order valence-corrected chi connectivity index (χ1v) is 5.15. The summed E-state index contributed by atoms with van der Waals surface area (Å²) in [6, 6.07) is 4.35. The minimum atomic E-state index is -2.64. The molecule has 0 atom stereocenters. The SMILES string of the molecule is COc1c(-c2noc(CN)n2)cccc1C(F)F. The second-order valence-corrected chi connectivity index (χ2v) is 3.44. The van der Waals surface area contributed by atoms with Crippen molar-refractivity contribution in [2.24, 2.45) is 5.73 Å². The molecule has 2 N–H and O–H groups in total. The summed E-state index contributed by atoms with van der Waals surface area (Å²) in [7, 11) is 1.31. The minimum absolute atomic E-state index is 0.0388. The molecule has 0 amide bonds. The summed E-state index contributed by atoms with van der Waals surface area (Å²) in [5.41, 5.74) is 5.47. The first-order chi connectivity index (χ1) is 8.67. The van der Waals surface area contributed by atoms with Gasteiger partial charge in [-0.25, -0.2) is 8.78 Å². The van der Waals surface area contributed by atoms with E-state index in [1.807, 2.05) is 0 Å². The molecule has 0 spiro atoms. The van der Waals surface area contributed by atoms with Crippen LogP contribution in [0.4, 0.5) is 8.78 Å². The zero-order chi connectivity index (χ0) is 13.1. The lowest BCUT2D eigenvalue weighted by Gasteiger charge is -2.10. The van der Waals surface area contributed by atoms with E-state index in [-0.39, 0.29) is 29.6 Å². The predicted octanol–water partition coefficient (Wildman–Crippen LogP) is 2.14. The fourth-order valence-corrected chi connectivity index (χ4v) is 1.58. The van der Waals surface area contributed by atoms with Gasteiger partial charge in [0, 0.05) is 0 Å². The van der Waals surface area contributed by atoms with Crippen LogP contribution in [0, 0.1) is 0 Å². The van der Waals surface area contributed by atoms with Crippen molar-refractivity contribution in [2.45, 2.75) is 13.0 Å². The number of hydrogen-bond donors (Lipinski definition) is 1. The fraction of sp³-hybridized carbons (Fsp3) is 0.273. The zero-order valence-corrected chi connectivity index (χ0v) is 9.56. The van der Waals surface area contributed by atoms with Gasteiger partial charge in [-0.15, -0.1) is 0 Å². The van der Waals surface area contributed by atoms with Crippen LogP contribution in [-0.4, -0.2) is 17.3 Å². The van der Waals surface area contributed by atoms with Crippen molar-refractivity contribution in [1.29, 1.82) is 0 Å². The molecule has 0 saturated carbocycles. The van der Waals surface area contributed by atoms with E-state index >= 15 is 0 Å². The number of methoxy groups -OCH3 is 1. The molecule has 0 saturated heterocycles. The van der Waals surface area contributed by atoms with Gasteiger partial charge >= 0.3 is 0 Å². The Labute approximate surface area is 102 Å². The molecule has 2 rings (SSSR count). The highest BCUT2D eigenvalue weighted by Crippen LogP contribution is 2.36. The first kappa shape index (κ1) is 12.4. The molecule has 1 heterocycles. The van der Waals surface area contributed by atoms with Crippen LogP contribution in [-0.2, 0) is 6.54 Å². The molecule has 2 aromatic rings. The van der Waals surface area contributed by atoms with E-state index in [2.05, 4.69) is 10.1 Å². The maximum Gasteiger partial charge on any atom is 0.267 e. The van der Waals surface area contributed by atoms with Crippen molar-refractivity contribution in [1.82, 2.24) is 10.1 Å². The first-order valence-electron chi connectivity index (χ1n) is 5.15. The second kappa shape index (κ2) is 5.09. The Morgan fingerprint density at radius 1 is 1.44 bits per heavy atom. The smallest absolute Gasteiger partial charge is 0.267 e. The molecule has 1 aromatic heterocycles. The summed E-state index contributed by atoms with van der Waals surface area (Å²) in [6.07, 6.45) is -2.64. The topological polar surface area (TPSA) is 74.2 Å². The van der Waals surface area contributed by atoms with E-state index in [0.717, 1.165) is 0 Å². The number of ether oxygens (including phenoxy) is 1. The van der Waals surface area contributed by atoms with Crippen molar-refractivity contribution in [3.05, 3.63) is 29.7 Å². The lowest BCUT2D eigenvalue weighted by molar-refractivity contribution is 0.147. The third-order valence-corrected chi connectivity index (χ3v) is 2.37. The molecular weight excluding hydrogens is 244 g/mol. The Morgan fingerprint density at radius 2 is 2.22 bits per heavy atom. The van der Waals surface area contributed by atoms with Crippen molar-refractivity contribution in [3.63, 3.8) is 0 Å². The number of hydrogen-bond acceptors (Lipinski definition) is 5. The van der Waals surface area contributed by atoms with E-state index in [4.69, 9.17) is 15.0 Å². The number of aromatic nitrogens is 2. The van der Waals surface area contributed by atoms with E-state index in [9.17, 15) is 8.78 Å². The molecule has 0 radical (unpaired) electrons. The molecule has 0 aliphatic carbocycles. The standard InChI is InChI=1S/C11H11F2N3O2/c1-17-9-6(10(12)13)3-2-4-7(9)11-15-8(5-14)18-16-11/h2-4,10H,5,14H2,1H3. The van der Waals surface area contributed by atoms with Crippen molar-refractivity contribution in [3.8, 4) is 17.1 Å². The van der Waals surface area contributed by atoms with Crippen LogP contribution in [0.5, 0.6) is 5.75 Å². The molecule has 18 heavy (non-hydrogen) atoms. The fourth-order valence-electron chi connectivity index (χ4n) is 1.58. The highest BCUT2D eigenvalue weighted by molar-refractivity contribution is 5.66. The van der Waals surface area contributed by atoms with Gasteiger partial charge in [0.2, 0.25) is 11.7 Å². The molecule has 96 valence electrons.